The molecule has 0 saturated heterocycles. The van der Waals surface area contributed by atoms with E-state index in [9.17, 15) is 0 Å². The van der Waals surface area contributed by atoms with E-state index in [0.717, 1.165) is 0 Å². The third-order valence-electron chi connectivity index (χ3n) is 9.15. The Hall–Kier alpha value is -2.90. The molecule has 4 aromatic carbocycles. The summed E-state index contributed by atoms with van der Waals surface area (Å²) in [4.78, 5) is 0. The van der Waals surface area contributed by atoms with Crippen molar-refractivity contribution in [2.24, 2.45) is 0 Å². The summed E-state index contributed by atoms with van der Waals surface area (Å²) < 4.78 is 2.61. The average molecular weight is 715 g/mol. The van der Waals surface area contributed by atoms with Crippen molar-refractivity contribution in [3.8, 4) is 11.1 Å². The van der Waals surface area contributed by atoms with E-state index in [2.05, 4.69) is 165 Å². The van der Waals surface area contributed by atoms with E-state index in [1.165, 1.54) is 44.5 Å². The van der Waals surface area contributed by atoms with Gasteiger partial charge >= 0.3 is 263 Å². The average Bonchev–Trinajstić information content (AvgIpc) is 3.57. The first-order valence-corrected chi connectivity index (χ1v) is 21.4. The van der Waals surface area contributed by atoms with Crippen molar-refractivity contribution in [1.29, 1.82) is 0 Å². The molecule has 0 spiro atoms. The minimum absolute atomic E-state index is 0.0974. The van der Waals surface area contributed by atoms with E-state index in [4.69, 9.17) is 0 Å². The molecule has 0 bridgehead atoms. The molecule has 0 unspecified atom stereocenters. The van der Waals surface area contributed by atoms with Gasteiger partial charge in [0.05, 0.1) is 0 Å². The molecule has 0 N–H and O–H groups in total. The molecule has 0 nitrogen and oxygen atoms in total. The zero-order valence-corrected chi connectivity index (χ0v) is 30.1. The van der Waals surface area contributed by atoms with Gasteiger partial charge in [-0.3, -0.25) is 0 Å². The molecule has 6 rings (SSSR count). The van der Waals surface area contributed by atoms with Crippen LogP contribution in [0.4, 0.5) is 0 Å². The Kier molecular flexibility index (Phi) is 7.63. The Morgan fingerprint density at radius 2 is 0.976 bits per heavy atom. The first-order valence-electron chi connectivity index (χ1n) is 15.5. The quantitative estimate of drug-likeness (QED) is 0.185. The van der Waals surface area contributed by atoms with Crippen molar-refractivity contribution >= 4 is 3.26 Å². The summed E-state index contributed by atoms with van der Waals surface area (Å²) in [5.74, 6) is 0. The molecule has 0 radical (unpaired) electrons. The van der Waals surface area contributed by atoms with Crippen LogP contribution in [0.15, 0.2) is 109 Å². The van der Waals surface area contributed by atoms with Crippen LogP contribution in [0.25, 0.3) is 11.1 Å². The molecule has 2 aliphatic carbocycles. The summed E-state index contributed by atoms with van der Waals surface area (Å²) in [5, 5.41) is 0. The third kappa shape index (κ3) is 5.24. The van der Waals surface area contributed by atoms with Crippen molar-refractivity contribution in [3.63, 3.8) is 0 Å². The predicted molar refractivity (Wildman–Crippen MR) is 179 cm³/mol. The van der Waals surface area contributed by atoms with Gasteiger partial charge in [-0.25, -0.2) is 0 Å². The van der Waals surface area contributed by atoms with Crippen molar-refractivity contribution in [2.45, 2.75) is 73.6 Å². The Morgan fingerprint density at radius 3 is 1.36 bits per heavy atom. The van der Waals surface area contributed by atoms with Gasteiger partial charge in [-0.05, 0) is 0 Å². The monoisotopic (exact) mass is 716 g/mol. The van der Waals surface area contributed by atoms with E-state index in [-0.39, 0.29) is 10.8 Å². The van der Waals surface area contributed by atoms with E-state index < -0.39 is 21.0 Å². The molecular weight excluding hydrogens is 671 g/mol. The van der Waals surface area contributed by atoms with Crippen molar-refractivity contribution in [3.05, 3.63) is 154 Å². The van der Waals surface area contributed by atoms with Gasteiger partial charge in [0.1, 0.15) is 0 Å². The van der Waals surface area contributed by atoms with Crippen molar-refractivity contribution in [2.75, 3.05) is 0 Å². The summed E-state index contributed by atoms with van der Waals surface area (Å²) in [6.45, 7) is 18.8. The maximum atomic E-state index is 2.59. The van der Waals surface area contributed by atoms with Crippen molar-refractivity contribution < 1.29 is 21.0 Å². The van der Waals surface area contributed by atoms with Crippen molar-refractivity contribution in [1.82, 2.24) is 0 Å². The molecule has 2 aliphatic rings. The Morgan fingerprint density at radius 1 is 0.571 bits per heavy atom. The molecule has 0 atom stereocenters. The number of fused-ring (bicyclic) bond motifs is 3. The molecule has 1 heteroatoms. The molecule has 42 heavy (non-hydrogen) atoms. The van der Waals surface area contributed by atoms with E-state index >= 15 is 0 Å². The van der Waals surface area contributed by atoms with Gasteiger partial charge in [0.2, 0.25) is 0 Å². The summed E-state index contributed by atoms with van der Waals surface area (Å²) in [5.41, 5.74) is 14.9. The fraction of sp³-hybridized carbons (Fsp3) is 0.293. The number of aryl methyl sites for hydroxylation is 2. The Bertz CT molecular complexity index is 1610. The van der Waals surface area contributed by atoms with Gasteiger partial charge in [-0.1, -0.05) is 0 Å². The molecule has 0 heterocycles. The fourth-order valence-electron chi connectivity index (χ4n) is 7.38. The number of hydrogen-bond donors (Lipinski definition) is 0. The first-order chi connectivity index (χ1) is 19.9. The molecule has 212 valence electrons. The number of rotatable bonds is 4. The Balaban J connectivity index is 1.76. The first kappa shape index (κ1) is 29.2. The Labute approximate surface area is 261 Å². The minimum atomic E-state index is -2.88. The molecule has 4 aromatic rings. The number of hydrogen-bond acceptors (Lipinski definition) is 0. The van der Waals surface area contributed by atoms with E-state index in [1.807, 2.05) is 0 Å². The summed E-state index contributed by atoms with van der Waals surface area (Å²) in [6, 6.07) is 32.9. The zero-order chi connectivity index (χ0) is 29.8. The summed E-state index contributed by atoms with van der Waals surface area (Å²) in [6.07, 6.45) is 9.61. The van der Waals surface area contributed by atoms with Crippen LogP contribution in [0.3, 0.4) is 0 Å². The summed E-state index contributed by atoms with van der Waals surface area (Å²) >= 11 is -2.88. The van der Waals surface area contributed by atoms with Gasteiger partial charge in [0, 0.05) is 0 Å². The third-order valence-corrected chi connectivity index (χ3v) is 21.7. The maximum absolute atomic E-state index is 2.88. The van der Waals surface area contributed by atoms with Gasteiger partial charge in [-0.2, -0.15) is 0 Å². The molecule has 0 aliphatic heterocycles. The van der Waals surface area contributed by atoms with Crippen LogP contribution in [0.5, 0.6) is 0 Å². The van der Waals surface area contributed by atoms with Gasteiger partial charge < -0.3 is 0 Å². The van der Waals surface area contributed by atoms with Crippen LogP contribution in [0.2, 0.25) is 3.67 Å². The van der Waals surface area contributed by atoms with Gasteiger partial charge in [0.25, 0.3) is 0 Å². The van der Waals surface area contributed by atoms with E-state index in [0.29, 0.717) is 7.35 Å². The topological polar surface area (TPSA) is 0 Å². The van der Waals surface area contributed by atoms with Crippen LogP contribution < -0.4 is 0 Å². The number of benzene rings is 4. The van der Waals surface area contributed by atoms with Crippen LogP contribution in [0, 0.1) is 13.8 Å². The molecule has 0 fully saturated rings. The second-order valence-corrected chi connectivity index (χ2v) is 23.8. The van der Waals surface area contributed by atoms with Crippen LogP contribution in [0.1, 0.15) is 89.7 Å². The SMILES string of the molecule is Cc1cc2c(cc1C(C)(C)C)-c1cc(C(C)(C)C)c(C)cc1[CH]2[Hf](=[C](c1ccccc1)c1ccccc1)[CH]1C=CC=C1. The van der Waals surface area contributed by atoms with Gasteiger partial charge in [-0.15, -0.1) is 0 Å². The summed E-state index contributed by atoms with van der Waals surface area (Å²) in [7, 11) is 0. The van der Waals surface area contributed by atoms with Crippen LogP contribution >= 0.6 is 0 Å². The van der Waals surface area contributed by atoms with Gasteiger partial charge in [0.15, 0.2) is 0 Å². The second kappa shape index (κ2) is 11.0. The normalized spacial score (nSPS) is 14.8. The zero-order valence-electron chi connectivity index (χ0n) is 26.5. The van der Waals surface area contributed by atoms with E-state index in [1.54, 1.807) is 14.4 Å². The molecule has 0 amide bonds. The van der Waals surface area contributed by atoms with Crippen LogP contribution in [-0.2, 0) is 31.8 Å². The molecule has 0 aromatic heterocycles. The number of allylic oxidation sites excluding steroid dienone is 4. The molecular formula is C41H44Hf. The second-order valence-electron chi connectivity index (χ2n) is 14.3. The predicted octanol–water partition coefficient (Wildman–Crippen LogP) is 10.8. The fourth-order valence-corrected chi connectivity index (χ4v) is 21.0. The molecule has 0 saturated carbocycles. The van der Waals surface area contributed by atoms with Crippen LogP contribution in [-0.4, -0.2) is 3.26 Å². The standard InChI is InChI=1S/C23H29.C13H10.C5H5.Hf/c1-14-9-16-11-17-10-15(2)21(23(6,7)8)13-19(17)18(16)12-20(14)22(3,4)5;1-3-7-12(8-4-1)11-13-9-5-2-6-10-13;1-2-4-5-3-1;/h9-13H,1-8H3;1-10H;1-5H;.